The number of nitrogens with two attached hydrogens (primary N) is 1. The molecule has 0 aliphatic heterocycles. The van der Waals surface area contributed by atoms with Crippen molar-refractivity contribution in [2.24, 2.45) is 11.7 Å². The number of para-hydroxylation sites is 1. The van der Waals surface area contributed by atoms with Gasteiger partial charge in [-0.1, -0.05) is 25.1 Å². The summed E-state index contributed by atoms with van der Waals surface area (Å²) in [6, 6.07) is 7.92. The maximum absolute atomic E-state index is 12.3. The monoisotopic (exact) mass is 299 g/mol. The first-order chi connectivity index (χ1) is 10.6. The number of aromatic amines is 1. The van der Waals surface area contributed by atoms with Gasteiger partial charge in [-0.25, -0.2) is 0 Å². The summed E-state index contributed by atoms with van der Waals surface area (Å²) in [5.41, 5.74) is 8.31. The second kappa shape index (κ2) is 6.53. The van der Waals surface area contributed by atoms with Crippen LogP contribution in [0, 0.1) is 5.92 Å². The van der Waals surface area contributed by atoms with E-state index < -0.39 is 6.04 Å². The van der Waals surface area contributed by atoms with Crippen LogP contribution in [-0.4, -0.2) is 23.0 Å². The van der Waals surface area contributed by atoms with Crippen LogP contribution in [0.3, 0.4) is 0 Å². The Kier molecular flexibility index (Phi) is 4.48. The zero-order valence-corrected chi connectivity index (χ0v) is 13.1. The zero-order valence-electron chi connectivity index (χ0n) is 13.1. The second-order valence-electron chi connectivity index (χ2n) is 6.64. The van der Waals surface area contributed by atoms with E-state index in [1.54, 1.807) is 0 Å². The van der Waals surface area contributed by atoms with Gasteiger partial charge in [-0.15, -0.1) is 0 Å². The molecule has 0 unspecified atom stereocenters. The molecular formula is C18H25N3O. The predicted octanol–water partition coefficient (Wildman–Crippen LogP) is 2.73. The van der Waals surface area contributed by atoms with Gasteiger partial charge in [0.2, 0.25) is 5.91 Å². The number of fused-ring (bicyclic) bond motifs is 1. The number of carbonyl (C=O) groups excluding carboxylic acids is 1. The number of benzene rings is 1. The number of aromatic nitrogens is 1. The Morgan fingerprint density at radius 2 is 2.05 bits per heavy atom. The molecule has 1 aliphatic rings. The molecule has 1 aromatic carbocycles. The number of rotatable bonds is 4. The molecule has 1 heterocycles. The summed E-state index contributed by atoms with van der Waals surface area (Å²) in [6.07, 6.45) is 7.07. The van der Waals surface area contributed by atoms with Gasteiger partial charge in [0.15, 0.2) is 0 Å². The highest BCUT2D eigenvalue weighted by molar-refractivity contribution is 5.86. The maximum atomic E-state index is 12.3. The maximum Gasteiger partial charge on any atom is 0.237 e. The fraction of sp³-hybridized carbons (Fsp3) is 0.500. The first-order valence-electron chi connectivity index (χ1n) is 8.24. The fourth-order valence-electron chi connectivity index (χ4n) is 3.34. The van der Waals surface area contributed by atoms with Crippen LogP contribution in [0.5, 0.6) is 0 Å². The molecule has 0 spiro atoms. The second-order valence-corrected chi connectivity index (χ2v) is 6.64. The standard InChI is InChI=1S/C18H25N3O/c1-12-6-8-14(9-7-12)21-18(22)16(19)10-13-11-20-17-5-3-2-4-15(13)17/h2-5,11-12,14,16,20H,6-10,19H2,1H3,(H,21,22)/t12?,14?,16-/m0/s1. The minimum absolute atomic E-state index is 0.0233. The van der Waals surface area contributed by atoms with E-state index in [0.717, 1.165) is 35.2 Å². The van der Waals surface area contributed by atoms with Crippen LogP contribution >= 0.6 is 0 Å². The molecule has 1 aromatic heterocycles. The molecule has 3 rings (SSSR count). The highest BCUT2D eigenvalue weighted by Gasteiger charge is 2.23. The third kappa shape index (κ3) is 3.33. The van der Waals surface area contributed by atoms with Crippen LogP contribution in [-0.2, 0) is 11.2 Å². The molecule has 22 heavy (non-hydrogen) atoms. The quantitative estimate of drug-likeness (QED) is 0.812. The van der Waals surface area contributed by atoms with E-state index in [4.69, 9.17) is 5.73 Å². The molecule has 2 aromatic rings. The molecule has 4 N–H and O–H groups in total. The van der Waals surface area contributed by atoms with Gasteiger partial charge in [0.25, 0.3) is 0 Å². The number of hydrogen-bond acceptors (Lipinski definition) is 2. The third-order valence-electron chi connectivity index (χ3n) is 4.81. The van der Waals surface area contributed by atoms with Crippen LogP contribution in [0.2, 0.25) is 0 Å². The summed E-state index contributed by atoms with van der Waals surface area (Å²) in [7, 11) is 0. The molecular weight excluding hydrogens is 274 g/mol. The molecule has 0 saturated heterocycles. The Hall–Kier alpha value is -1.81. The van der Waals surface area contributed by atoms with Gasteiger partial charge in [0.1, 0.15) is 0 Å². The first kappa shape index (κ1) is 15.1. The van der Waals surface area contributed by atoms with Crippen LogP contribution in [0.1, 0.15) is 38.2 Å². The van der Waals surface area contributed by atoms with E-state index in [1.807, 2.05) is 24.4 Å². The molecule has 1 aliphatic carbocycles. The van der Waals surface area contributed by atoms with Gasteiger partial charge in [0, 0.05) is 23.1 Å². The lowest BCUT2D eigenvalue weighted by Crippen LogP contribution is -2.47. The summed E-state index contributed by atoms with van der Waals surface area (Å²) in [4.78, 5) is 15.5. The Bertz CT molecular complexity index is 641. The van der Waals surface area contributed by atoms with Crippen molar-refractivity contribution >= 4 is 16.8 Å². The van der Waals surface area contributed by atoms with E-state index in [2.05, 4.69) is 23.3 Å². The minimum atomic E-state index is -0.487. The van der Waals surface area contributed by atoms with Crippen molar-refractivity contribution in [1.29, 1.82) is 0 Å². The lowest BCUT2D eigenvalue weighted by atomic mass is 9.87. The van der Waals surface area contributed by atoms with Crippen molar-refractivity contribution in [2.45, 2.75) is 51.1 Å². The number of nitrogens with one attached hydrogen (secondary N) is 2. The van der Waals surface area contributed by atoms with Crippen LogP contribution in [0.4, 0.5) is 0 Å². The summed E-state index contributed by atoms with van der Waals surface area (Å²) >= 11 is 0. The van der Waals surface area contributed by atoms with Gasteiger partial charge in [-0.05, 0) is 49.7 Å². The summed E-state index contributed by atoms with van der Waals surface area (Å²) in [5.74, 6) is 0.762. The molecule has 4 nitrogen and oxygen atoms in total. The average molecular weight is 299 g/mol. The molecule has 1 saturated carbocycles. The summed E-state index contributed by atoms with van der Waals surface area (Å²) in [6.45, 7) is 2.28. The Morgan fingerprint density at radius 1 is 1.32 bits per heavy atom. The molecule has 1 amide bonds. The summed E-state index contributed by atoms with van der Waals surface area (Å²) < 4.78 is 0. The van der Waals surface area contributed by atoms with Crippen molar-refractivity contribution in [3.05, 3.63) is 36.0 Å². The molecule has 118 valence electrons. The van der Waals surface area contributed by atoms with Crippen LogP contribution in [0.25, 0.3) is 10.9 Å². The third-order valence-corrected chi connectivity index (χ3v) is 4.81. The fourth-order valence-corrected chi connectivity index (χ4v) is 3.34. The number of amides is 1. The largest absolute Gasteiger partial charge is 0.361 e. The van der Waals surface area contributed by atoms with Crippen molar-refractivity contribution in [1.82, 2.24) is 10.3 Å². The Balaban J connectivity index is 1.59. The van der Waals surface area contributed by atoms with Gasteiger partial charge in [-0.3, -0.25) is 4.79 Å². The van der Waals surface area contributed by atoms with E-state index in [0.29, 0.717) is 12.5 Å². The minimum Gasteiger partial charge on any atom is -0.361 e. The highest BCUT2D eigenvalue weighted by Crippen LogP contribution is 2.23. The average Bonchev–Trinajstić information content (AvgIpc) is 2.93. The summed E-state index contributed by atoms with van der Waals surface area (Å²) in [5, 5.41) is 4.28. The Labute approximate surface area is 131 Å². The number of carbonyl (C=O) groups is 1. The van der Waals surface area contributed by atoms with Gasteiger partial charge < -0.3 is 16.0 Å². The molecule has 1 fully saturated rings. The molecule has 0 radical (unpaired) electrons. The van der Waals surface area contributed by atoms with Gasteiger partial charge in [-0.2, -0.15) is 0 Å². The van der Waals surface area contributed by atoms with E-state index in [9.17, 15) is 4.79 Å². The first-order valence-corrected chi connectivity index (χ1v) is 8.24. The Morgan fingerprint density at radius 3 is 2.82 bits per heavy atom. The SMILES string of the molecule is CC1CCC(NC(=O)[C@@H](N)Cc2c[nH]c3ccccc23)CC1. The van der Waals surface area contributed by atoms with Crippen molar-refractivity contribution in [3.8, 4) is 0 Å². The zero-order chi connectivity index (χ0) is 15.5. The number of hydrogen-bond donors (Lipinski definition) is 3. The van der Waals surface area contributed by atoms with Gasteiger partial charge >= 0.3 is 0 Å². The van der Waals surface area contributed by atoms with E-state index >= 15 is 0 Å². The normalized spacial score (nSPS) is 23.4. The van der Waals surface area contributed by atoms with Gasteiger partial charge in [0.05, 0.1) is 6.04 Å². The molecule has 4 heteroatoms. The topological polar surface area (TPSA) is 70.9 Å². The smallest absolute Gasteiger partial charge is 0.237 e. The van der Waals surface area contributed by atoms with E-state index in [1.165, 1.54) is 12.8 Å². The molecule has 0 bridgehead atoms. The van der Waals surface area contributed by atoms with Crippen LogP contribution in [0.15, 0.2) is 30.5 Å². The lowest BCUT2D eigenvalue weighted by molar-refractivity contribution is -0.123. The predicted molar refractivity (Wildman–Crippen MR) is 89.5 cm³/mol. The molecule has 1 atom stereocenters. The highest BCUT2D eigenvalue weighted by atomic mass is 16.2. The van der Waals surface area contributed by atoms with Crippen molar-refractivity contribution < 1.29 is 4.79 Å². The lowest BCUT2D eigenvalue weighted by Gasteiger charge is -2.27. The van der Waals surface area contributed by atoms with Crippen LogP contribution < -0.4 is 11.1 Å². The van der Waals surface area contributed by atoms with Crippen molar-refractivity contribution in [3.63, 3.8) is 0 Å². The van der Waals surface area contributed by atoms with Crippen molar-refractivity contribution in [2.75, 3.05) is 0 Å². The number of H-pyrrole nitrogens is 1. The van der Waals surface area contributed by atoms with E-state index in [-0.39, 0.29) is 5.91 Å².